The van der Waals surface area contributed by atoms with Crippen molar-refractivity contribution in [3.63, 3.8) is 0 Å². The van der Waals surface area contributed by atoms with Crippen LogP contribution in [-0.4, -0.2) is 26.4 Å². The van der Waals surface area contributed by atoms with Crippen molar-refractivity contribution < 1.29 is 4.42 Å². The summed E-state index contributed by atoms with van der Waals surface area (Å²) in [4.78, 5) is 15.3. The highest BCUT2D eigenvalue weighted by Crippen LogP contribution is 2.37. The van der Waals surface area contributed by atoms with E-state index in [2.05, 4.69) is 71.2 Å². The molecule has 254 valence electrons. The van der Waals surface area contributed by atoms with Gasteiger partial charge < -0.3 is 4.42 Å². The Kier molecular flexibility index (Phi) is 7.47. The quantitative estimate of drug-likeness (QED) is 0.169. The summed E-state index contributed by atoms with van der Waals surface area (Å²) in [6, 6.07) is 52.8. The number of para-hydroxylation sites is 3. The molecule has 10 rings (SSSR count). The molecule has 2 heterocycles. The van der Waals surface area contributed by atoms with E-state index in [-0.39, 0.29) is 0 Å². The van der Waals surface area contributed by atoms with Gasteiger partial charge in [0.2, 0.25) is 0 Å². The predicted molar refractivity (Wildman–Crippen MR) is 220 cm³/mol. The van der Waals surface area contributed by atoms with Crippen LogP contribution in [0.4, 0.5) is 5.69 Å². The van der Waals surface area contributed by atoms with E-state index in [1.54, 1.807) is 0 Å². The lowest BCUT2D eigenvalue weighted by atomic mass is 9.89. The van der Waals surface area contributed by atoms with Crippen molar-refractivity contribution in [1.82, 2.24) is 15.0 Å². The number of hydrazone groups is 1. The van der Waals surface area contributed by atoms with Crippen LogP contribution in [-0.2, 0) is 0 Å². The Morgan fingerprint density at radius 2 is 1.20 bits per heavy atom. The molecule has 0 fully saturated rings. The van der Waals surface area contributed by atoms with Gasteiger partial charge in [0.05, 0.1) is 17.0 Å². The van der Waals surface area contributed by atoms with Crippen LogP contribution in [0.25, 0.3) is 84.1 Å². The van der Waals surface area contributed by atoms with E-state index < -0.39 is 0 Å². The molecule has 0 aliphatic heterocycles. The Balaban J connectivity index is 1.11. The molecule has 7 nitrogen and oxygen atoms in total. The Labute approximate surface area is 310 Å². The van der Waals surface area contributed by atoms with Gasteiger partial charge in [-0.3, -0.25) is 10.8 Å². The Morgan fingerprint density at radius 3 is 2.06 bits per heavy atom. The molecule has 1 aliphatic carbocycles. The fourth-order valence-corrected chi connectivity index (χ4v) is 7.16. The second-order valence-electron chi connectivity index (χ2n) is 13.2. The Hall–Kier alpha value is -7.51. The van der Waals surface area contributed by atoms with Gasteiger partial charge in [0.15, 0.2) is 17.5 Å². The minimum absolute atomic E-state index is 0.358. The number of nitrogens with zero attached hydrogens (tertiary/aromatic N) is 4. The zero-order valence-corrected chi connectivity index (χ0v) is 28.9. The van der Waals surface area contributed by atoms with E-state index in [0.717, 1.165) is 77.3 Å². The average Bonchev–Trinajstić information content (AvgIpc) is 3.63. The maximum atomic E-state index is 9.16. The summed E-state index contributed by atoms with van der Waals surface area (Å²) in [5.41, 5.74) is 12.9. The van der Waals surface area contributed by atoms with E-state index >= 15 is 0 Å². The molecule has 0 unspecified atom stereocenters. The minimum atomic E-state index is 0.358. The first-order valence-electron chi connectivity index (χ1n) is 17.7. The number of hydrogen-bond acceptors (Lipinski definition) is 7. The van der Waals surface area contributed by atoms with Crippen LogP contribution >= 0.6 is 0 Å². The number of aromatic nitrogens is 3. The summed E-state index contributed by atoms with van der Waals surface area (Å²) in [6.07, 6.45) is 3.89. The van der Waals surface area contributed by atoms with Crippen LogP contribution in [0, 0.1) is 5.41 Å². The van der Waals surface area contributed by atoms with Crippen molar-refractivity contribution in [2.45, 2.75) is 0 Å². The highest BCUT2D eigenvalue weighted by atomic mass is 16.3. The van der Waals surface area contributed by atoms with Crippen molar-refractivity contribution in [3.8, 4) is 45.3 Å². The van der Waals surface area contributed by atoms with Crippen LogP contribution in [0.3, 0.4) is 0 Å². The lowest BCUT2D eigenvalue weighted by Crippen LogP contribution is -2.18. The molecule has 9 aromatic rings. The standard InChI is InChI=1S/C47H30N6O/c48-43-40(53-52-35-15-5-2-6-16-35)26-24-30-21-22-32-28-34(23-25-36(32)42(30)43)46-49-45(33-14-9-13-31(27-33)29-11-3-1-4-12-29)50-47(51-46)39-19-10-18-38-37-17-7-8-20-41(37)54-44(38)39/h1-28,48,52H/b48-43?,53-40-. The first kappa shape index (κ1) is 31.2. The third-order valence-electron chi connectivity index (χ3n) is 9.82. The normalized spacial score (nSPS) is 13.2. The van der Waals surface area contributed by atoms with Gasteiger partial charge in [0.25, 0.3) is 0 Å². The third kappa shape index (κ3) is 5.52. The first-order valence-corrected chi connectivity index (χ1v) is 17.7. The monoisotopic (exact) mass is 694 g/mol. The highest BCUT2D eigenvalue weighted by Gasteiger charge is 2.21. The number of benzene rings is 7. The number of rotatable bonds is 6. The van der Waals surface area contributed by atoms with Crippen LogP contribution in [0.15, 0.2) is 173 Å². The van der Waals surface area contributed by atoms with E-state index in [9.17, 15) is 0 Å². The van der Waals surface area contributed by atoms with Crippen molar-refractivity contribution in [2.75, 3.05) is 5.43 Å². The molecule has 2 aromatic heterocycles. The van der Waals surface area contributed by atoms with Crippen LogP contribution in [0.2, 0.25) is 0 Å². The average molecular weight is 695 g/mol. The summed E-state index contributed by atoms with van der Waals surface area (Å²) in [7, 11) is 0. The third-order valence-corrected chi connectivity index (χ3v) is 9.82. The SMILES string of the molecule is N=C1/C(=N\Nc2ccccc2)C=Cc2ccc3cc(-c4nc(-c5cccc(-c6ccccc6)c5)nc(-c5cccc6c5oc5ccccc56)n4)ccc3c21. The number of anilines is 1. The molecule has 2 N–H and O–H groups in total. The summed E-state index contributed by atoms with van der Waals surface area (Å²) in [5, 5.41) is 17.7. The van der Waals surface area contributed by atoms with Gasteiger partial charge in [-0.1, -0.05) is 127 Å². The number of nitrogens with one attached hydrogen (secondary N) is 2. The smallest absolute Gasteiger partial charge is 0.167 e. The molecule has 7 aromatic carbocycles. The fourth-order valence-electron chi connectivity index (χ4n) is 7.16. The van der Waals surface area contributed by atoms with Gasteiger partial charge in [-0.2, -0.15) is 5.10 Å². The minimum Gasteiger partial charge on any atom is -0.455 e. The topological polar surface area (TPSA) is 100 Å². The van der Waals surface area contributed by atoms with Crippen LogP contribution in [0.5, 0.6) is 0 Å². The molecule has 0 atom stereocenters. The van der Waals surface area contributed by atoms with Crippen LogP contribution in [0.1, 0.15) is 11.1 Å². The molecule has 0 saturated carbocycles. The van der Waals surface area contributed by atoms with Crippen LogP contribution < -0.4 is 5.43 Å². The van der Waals surface area contributed by atoms with Gasteiger partial charge in [-0.25, -0.2) is 15.0 Å². The maximum absolute atomic E-state index is 9.16. The highest BCUT2D eigenvalue weighted by molar-refractivity contribution is 6.55. The molecule has 0 spiro atoms. The largest absolute Gasteiger partial charge is 0.455 e. The second-order valence-corrected chi connectivity index (χ2v) is 13.2. The zero-order chi connectivity index (χ0) is 36.0. The van der Waals surface area contributed by atoms with Gasteiger partial charge in [0, 0.05) is 27.5 Å². The van der Waals surface area contributed by atoms with Gasteiger partial charge in [-0.15, -0.1) is 0 Å². The predicted octanol–water partition coefficient (Wildman–Crippen LogP) is 11.5. The Morgan fingerprint density at radius 1 is 0.519 bits per heavy atom. The molecule has 0 radical (unpaired) electrons. The summed E-state index contributed by atoms with van der Waals surface area (Å²) in [6.45, 7) is 0. The molecule has 1 aliphatic rings. The van der Waals surface area contributed by atoms with E-state index in [0.29, 0.717) is 28.9 Å². The summed E-state index contributed by atoms with van der Waals surface area (Å²) in [5.74, 6) is 1.62. The second kappa shape index (κ2) is 12.9. The zero-order valence-electron chi connectivity index (χ0n) is 28.9. The van der Waals surface area contributed by atoms with E-state index in [1.165, 1.54) is 0 Å². The molecule has 0 bridgehead atoms. The molecular formula is C47H30N6O. The van der Waals surface area contributed by atoms with Gasteiger partial charge >= 0.3 is 0 Å². The van der Waals surface area contributed by atoms with E-state index in [4.69, 9.17) is 24.8 Å². The fraction of sp³-hybridized carbons (Fsp3) is 0. The maximum Gasteiger partial charge on any atom is 0.167 e. The van der Waals surface area contributed by atoms with Crippen molar-refractivity contribution >= 4 is 55.9 Å². The molecule has 0 saturated heterocycles. The molecule has 54 heavy (non-hydrogen) atoms. The summed E-state index contributed by atoms with van der Waals surface area (Å²) < 4.78 is 6.44. The first-order chi connectivity index (χ1) is 26.7. The van der Waals surface area contributed by atoms with Crippen molar-refractivity contribution in [3.05, 3.63) is 175 Å². The number of fused-ring (bicyclic) bond motifs is 6. The van der Waals surface area contributed by atoms with Gasteiger partial charge in [0.1, 0.15) is 16.9 Å². The van der Waals surface area contributed by atoms with Crippen molar-refractivity contribution in [1.29, 1.82) is 5.41 Å². The lowest BCUT2D eigenvalue weighted by molar-refractivity contribution is 0.669. The number of allylic oxidation sites excluding steroid dienone is 1. The lowest BCUT2D eigenvalue weighted by Gasteiger charge is -2.17. The number of hydrogen-bond donors (Lipinski definition) is 2. The van der Waals surface area contributed by atoms with Crippen molar-refractivity contribution in [2.24, 2.45) is 5.10 Å². The van der Waals surface area contributed by atoms with Gasteiger partial charge in [-0.05, 0) is 69.9 Å². The summed E-state index contributed by atoms with van der Waals surface area (Å²) >= 11 is 0. The Bertz CT molecular complexity index is 2980. The molecule has 7 heteroatoms. The molecular weight excluding hydrogens is 665 g/mol. The number of furan rings is 1. The van der Waals surface area contributed by atoms with E-state index in [1.807, 2.05) is 109 Å². The molecule has 0 amide bonds.